The zero-order valence-electron chi connectivity index (χ0n) is 15.0. The molecule has 162 valence electrons. The molecule has 0 unspecified atom stereocenters. The summed E-state index contributed by atoms with van der Waals surface area (Å²) in [6.07, 6.45) is -5.12. The van der Waals surface area contributed by atoms with E-state index in [-0.39, 0.29) is 22.1 Å². The van der Waals surface area contributed by atoms with Gasteiger partial charge in [-0.05, 0) is 12.1 Å². The van der Waals surface area contributed by atoms with Gasteiger partial charge in [0.15, 0.2) is 5.03 Å². The van der Waals surface area contributed by atoms with Crippen molar-refractivity contribution in [3.05, 3.63) is 29.5 Å². The Morgan fingerprint density at radius 2 is 1.63 bits per heavy atom. The SMILES string of the molecule is COc1cc(OC)nc(N(C(N)=O)S(=O)(=O)c2nc(C(F)(F)F)ccc2C(=O)O)n1. The fourth-order valence-electron chi connectivity index (χ4n) is 2.06. The predicted octanol–water partition coefficient (Wildman–Crippen LogP) is 0.880. The zero-order valence-corrected chi connectivity index (χ0v) is 15.9. The van der Waals surface area contributed by atoms with Crippen LogP contribution >= 0.6 is 0 Å². The van der Waals surface area contributed by atoms with Gasteiger partial charge in [0.1, 0.15) is 5.69 Å². The van der Waals surface area contributed by atoms with Gasteiger partial charge in [0.25, 0.3) is 16.0 Å². The number of carbonyl (C=O) groups excluding carboxylic acids is 1. The Morgan fingerprint density at radius 1 is 1.10 bits per heavy atom. The number of anilines is 1. The summed E-state index contributed by atoms with van der Waals surface area (Å²) < 4.78 is 74.2. The molecule has 2 rings (SSSR count). The number of aromatic carboxylic acids is 1. The number of pyridine rings is 1. The van der Waals surface area contributed by atoms with Gasteiger partial charge in [0.05, 0.1) is 25.8 Å². The number of rotatable bonds is 6. The standard InChI is InChI=1S/C14H12F3N5O7S/c1-28-8-5-9(29-2)21-13(20-8)22(12(18)25)30(26,27)10-6(11(23)24)3-4-7(19-10)14(15,16)17/h3-5H,1-2H3,(H2,18,25)(H,23,24). The molecular weight excluding hydrogens is 439 g/mol. The third-order valence-electron chi connectivity index (χ3n) is 3.33. The lowest BCUT2D eigenvalue weighted by atomic mass is 10.2. The molecule has 0 aliphatic heterocycles. The normalized spacial score (nSPS) is 11.6. The number of methoxy groups -OCH3 is 2. The third kappa shape index (κ3) is 4.32. The van der Waals surface area contributed by atoms with Crippen molar-refractivity contribution >= 4 is 28.0 Å². The lowest BCUT2D eigenvalue weighted by Gasteiger charge is -2.20. The molecule has 0 aliphatic rings. The number of hydrogen-bond acceptors (Lipinski definition) is 9. The van der Waals surface area contributed by atoms with Gasteiger partial charge in [0.2, 0.25) is 11.8 Å². The number of nitrogens with two attached hydrogens (primary N) is 1. The number of alkyl halides is 3. The van der Waals surface area contributed by atoms with Gasteiger partial charge in [-0.25, -0.2) is 14.6 Å². The van der Waals surface area contributed by atoms with Gasteiger partial charge < -0.3 is 20.3 Å². The Bertz CT molecular complexity index is 1090. The number of amides is 2. The van der Waals surface area contributed by atoms with E-state index in [0.29, 0.717) is 6.07 Å². The van der Waals surface area contributed by atoms with Crippen LogP contribution in [0.3, 0.4) is 0 Å². The summed E-state index contributed by atoms with van der Waals surface area (Å²) in [5.41, 5.74) is 2.20. The number of aromatic nitrogens is 3. The van der Waals surface area contributed by atoms with E-state index < -0.39 is 50.4 Å². The molecule has 0 spiro atoms. The molecule has 0 atom stereocenters. The Hall–Kier alpha value is -3.69. The van der Waals surface area contributed by atoms with Crippen LogP contribution in [0.2, 0.25) is 0 Å². The average Bonchev–Trinajstić information content (AvgIpc) is 2.65. The second-order valence-corrected chi connectivity index (χ2v) is 6.91. The number of primary amides is 1. The number of carbonyl (C=O) groups is 2. The van der Waals surface area contributed by atoms with E-state index in [2.05, 4.69) is 15.0 Å². The molecule has 0 bridgehead atoms. The summed E-state index contributed by atoms with van der Waals surface area (Å²) in [4.78, 5) is 33.3. The molecule has 0 aromatic carbocycles. The number of halogens is 3. The van der Waals surface area contributed by atoms with E-state index in [1.165, 1.54) is 0 Å². The van der Waals surface area contributed by atoms with Gasteiger partial charge in [-0.2, -0.15) is 31.6 Å². The highest BCUT2D eigenvalue weighted by molar-refractivity contribution is 7.93. The van der Waals surface area contributed by atoms with Gasteiger partial charge in [0, 0.05) is 0 Å². The van der Waals surface area contributed by atoms with E-state index in [4.69, 9.17) is 15.2 Å². The molecule has 16 heteroatoms. The summed E-state index contributed by atoms with van der Waals surface area (Å²) in [6.45, 7) is 0. The first-order chi connectivity index (χ1) is 13.8. The fraction of sp³-hybridized carbons (Fsp3) is 0.214. The number of nitrogens with zero attached hydrogens (tertiary/aromatic N) is 4. The minimum atomic E-state index is -5.43. The highest BCUT2D eigenvalue weighted by Gasteiger charge is 2.40. The van der Waals surface area contributed by atoms with Crippen LogP contribution in [0, 0.1) is 0 Å². The van der Waals surface area contributed by atoms with Crippen LogP contribution in [0.1, 0.15) is 16.1 Å². The molecule has 0 aliphatic carbocycles. The molecule has 30 heavy (non-hydrogen) atoms. The first kappa shape index (κ1) is 22.6. The van der Waals surface area contributed by atoms with E-state index in [0.717, 1.165) is 20.3 Å². The Labute approximate surface area is 166 Å². The zero-order chi connectivity index (χ0) is 22.9. The first-order valence-corrected chi connectivity index (χ1v) is 8.90. The average molecular weight is 451 g/mol. The van der Waals surface area contributed by atoms with Crippen molar-refractivity contribution in [2.24, 2.45) is 5.73 Å². The van der Waals surface area contributed by atoms with Crippen molar-refractivity contribution in [3.8, 4) is 11.8 Å². The van der Waals surface area contributed by atoms with Crippen molar-refractivity contribution in [1.82, 2.24) is 15.0 Å². The van der Waals surface area contributed by atoms with Gasteiger partial charge >= 0.3 is 18.2 Å². The van der Waals surface area contributed by atoms with Crippen LogP contribution in [0.15, 0.2) is 23.2 Å². The Morgan fingerprint density at radius 3 is 2.03 bits per heavy atom. The number of urea groups is 1. The van der Waals surface area contributed by atoms with E-state index in [1.807, 2.05) is 0 Å². The van der Waals surface area contributed by atoms with Crippen molar-refractivity contribution in [2.45, 2.75) is 11.2 Å². The van der Waals surface area contributed by atoms with Crippen LogP contribution in [0.5, 0.6) is 11.8 Å². The molecular formula is C14H12F3N5O7S. The molecule has 2 amide bonds. The molecule has 3 N–H and O–H groups in total. The van der Waals surface area contributed by atoms with Crippen molar-refractivity contribution in [1.29, 1.82) is 0 Å². The number of hydrogen-bond donors (Lipinski definition) is 2. The molecule has 2 aromatic rings. The second-order valence-electron chi connectivity index (χ2n) is 5.21. The summed E-state index contributed by atoms with van der Waals surface area (Å²) in [5, 5.41) is 7.58. The smallest absolute Gasteiger partial charge is 0.433 e. The number of carboxylic acid groups (broad SMARTS) is 1. The highest BCUT2D eigenvalue weighted by Crippen LogP contribution is 2.31. The van der Waals surface area contributed by atoms with Crippen LogP contribution in [-0.4, -0.2) is 54.7 Å². The minimum Gasteiger partial charge on any atom is -0.481 e. The maximum Gasteiger partial charge on any atom is 0.433 e. The van der Waals surface area contributed by atoms with Crippen LogP contribution in [0.25, 0.3) is 0 Å². The maximum atomic E-state index is 13.0. The molecule has 0 saturated carbocycles. The largest absolute Gasteiger partial charge is 0.481 e. The lowest BCUT2D eigenvalue weighted by molar-refractivity contribution is -0.141. The molecule has 2 aromatic heterocycles. The van der Waals surface area contributed by atoms with Crippen molar-refractivity contribution in [2.75, 3.05) is 18.5 Å². The van der Waals surface area contributed by atoms with Crippen molar-refractivity contribution < 1.29 is 45.8 Å². The quantitative estimate of drug-likeness (QED) is 0.641. The van der Waals surface area contributed by atoms with E-state index >= 15 is 0 Å². The second kappa shape index (κ2) is 7.97. The van der Waals surface area contributed by atoms with Crippen molar-refractivity contribution in [3.63, 3.8) is 0 Å². The monoisotopic (exact) mass is 451 g/mol. The van der Waals surface area contributed by atoms with Crippen LogP contribution in [0.4, 0.5) is 23.9 Å². The molecule has 12 nitrogen and oxygen atoms in total. The molecule has 0 fully saturated rings. The Kier molecular flexibility index (Phi) is 6.01. The topological polar surface area (TPSA) is 175 Å². The van der Waals surface area contributed by atoms with E-state index in [9.17, 15) is 36.3 Å². The third-order valence-corrected chi connectivity index (χ3v) is 4.96. The molecule has 2 heterocycles. The van der Waals surface area contributed by atoms with Gasteiger partial charge in [-0.15, -0.1) is 4.31 Å². The molecule has 0 saturated heterocycles. The summed E-state index contributed by atoms with van der Waals surface area (Å²) in [6, 6.07) is -0.0271. The lowest BCUT2D eigenvalue weighted by Crippen LogP contribution is -2.43. The Balaban J connectivity index is 2.82. The molecule has 0 radical (unpaired) electrons. The van der Waals surface area contributed by atoms with E-state index in [1.54, 1.807) is 0 Å². The number of ether oxygens (including phenoxy) is 2. The maximum absolute atomic E-state index is 13.0. The van der Waals surface area contributed by atoms with Crippen LogP contribution < -0.4 is 19.5 Å². The number of sulfonamides is 1. The van der Waals surface area contributed by atoms with Gasteiger partial charge in [-0.1, -0.05) is 0 Å². The predicted molar refractivity (Wildman–Crippen MR) is 90.6 cm³/mol. The van der Waals surface area contributed by atoms with Crippen LogP contribution in [-0.2, 0) is 16.2 Å². The highest BCUT2D eigenvalue weighted by atomic mass is 32.2. The minimum absolute atomic E-state index is 0.266. The summed E-state index contributed by atoms with van der Waals surface area (Å²) in [7, 11) is -3.17. The first-order valence-electron chi connectivity index (χ1n) is 7.46. The number of carboxylic acids is 1. The summed E-state index contributed by atoms with van der Waals surface area (Å²) in [5.74, 6) is -3.50. The van der Waals surface area contributed by atoms with Gasteiger partial charge in [-0.3, -0.25) is 0 Å². The summed E-state index contributed by atoms with van der Waals surface area (Å²) >= 11 is 0. The fourth-order valence-corrected chi connectivity index (χ4v) is 3.41.